The van der Waals surface area contributed by atoms with Crippen molar-refractivity contribution in [1.29, 1.82) is 0 Å². The first-order valence-corrected chi connectivity index (χ1v) is 7.45. The van der Waals surface area contributed by atoms with E-state index in [1.807, 2.05) is 31.2 Å². The van der Waals surface area contributed by atoms with Crippen LogP contribution in [0.1, 0.15) is 30.5 Å². The van der Waals surface area contributed by atoms with Crippen LogP contribution in [-0.2, 0) is 0 Å². The van der Waals surface area contributed by atoms with Gasteiger partial charge in [-0.15, -0.1) is 0 Å². The van der Waals surface area contributed by atoms with Crippen LogP contribution < -0.4 is 10.1 Å². The first-order chi connectivity index (χ1) is 10.6. The third-order valence-corrected chi connectivity index (χ3v) is 3.68. The lowest BCUT2D eigenvalue weighted by atomic mass is 9.98. The summed E-state index contributed by atoms with van der Waals surface area (Å²) in [4.78, 5) is 0. The zero-order chi connectivity index (χ0) is 15.9. The second-order valence-electron chi connectivity index (χ2n) is 5.23. The second kappa shape index (κ2) is 7.92. The number of halogens is 1. The van der Waals surface area contributed by atoms with Crippen LogP contribution in [0.25, 0.3) is 0 Å². The molecule has 0 saturated carbocycles. The quantitative estimate of drug-likeness (QED) is 0.825. The highest BCUT2D eigenvalue weighted by Gasteiger charge is 2.15. The van der Waals surface area contributed by atoms with Crippen molar-refractivity contribution in [3.63, 3.8) is 0 Å². The zero-order valence-corrected chi connectivity index (χ0v) is 12.9. The van der Waals surface area contributed by atoms with Gasteiger partial charge in [-0.05, 0) is 41.8 Å². The van der Waals surface area contributed by atoms with E-state index in [2.05, 4.69) is 5.32 Å². The Morgan fingerprint density at radius 1 is 1.05 bits per heavy atom. The van der Waals surface area contributed by atoms with E-state index in [9.17, 15) is 9.50 Å². The fraction of sp³-hybridized carbons (Fsp3) is 0.333. The summed E-state index contributed by atoms with van der Waals surface area (Å²) in [6, 6.07) is 14.0. The van der Waals surface area contributed by atoms with Crippen molar-refractivity contribution in [3.8, 4) is 5.75 Å². The van der Waals surface area contributed by atoms with Gasteiger partial charge in [-0.2, -0.15) is 0 Å². The smallest absolute Gasteiger partial charge is 0.123 e. The molecule has 22 heavy (non-hydrogen) atoms. The van der Waals surface area contributed by atoms with Crippen molar-refractivity contribution in [2.75, 3.05) is 13.7 Å². The maximum absolute atomic E-state index is 13.1. The van der Waals surface area contributed by atoms with E-state index in [4.69, 9.17) is 4.74 Å². The van der Waals surface area contributed by atoms with E-state index in [0.29, 0.717) is 13.0 Å². The molecule has 0 spiro atoms. The summed E-state index contributed by atoms with van der Waals surface area (Å²) in [6.45, 7) is 2.41. The Balaban J connectivity index is 2.25. The molecule has 0 aromatic heterocycles. The Bertz CT molecular complexity index is 569. The molecule has 3 nitrogen and oxygen atoms in total. The number of hydrogen-bond acceptors (Lipinski definition) is 3. The fourth-order valence-corrected chi connectivity index (χ4v) is 2.28. The van der Waals surface area contributed by atoms with Gasteiger partial charge < -0.3 is 15.2 Å². The number of nitrogens with one attached hydrogen (secondary N) is 1. The maximum atomic E-state index is 13.1. The summed E-state index contributed by atoms with van der Waals surface area (Å²) < 4.78 is 18.3. The molecule has 118 valence electrons. The number of benzene rings is 2. The van der Waals surface area contributed by atoms with E-state index < -0.39 is 6.10 Å². The molecule has 2 N–H and O–H groups in total. The number of aliphatic hydroxyl groups excluding tert-OH is 1. The molecule has 2 rings (SSSR count). The minimum absolute atomic E-state index is 0.104. The summed E-state index contributed by atoms with van der Waals surface area (Å²) in [5.74, 6) is 0.529. The number of hydrogen-bond donors (Lipinski definition) is 2. The topological polar surface area (TPSA) is 41.5 Å². The molecule has 0 bridgehead atoms. The lowest BCUT2D eigenvalue weighted by Crippen LogP contribution is -2.30. The summed E-state index contributed by atoms with van der Waals surface area (Å²) in [5.41, 5.74) is 1.99. The summed E-state index contributed by atoms with van der Waals surface area (Å²) >= 11 is 0. The highest BCUT2D eigenvalue weighted by molar-refractivity contribution is 5.35. The minimum atomic E-state index is -0.402. The maximum Gasteiger partial charge on any atom is 0.123 e. The fourth-order valence-electron chi connectivity index (χ4n) is 2.28. The van der Waals surface area contributed by atoms with Crippen LogP contribution in [0.4, 0.5) is 4.39 Å². The largest absolute Gasteiger partial charge is 0.497 e. The number of aliphatic hydroxyl groups is 1. The third-order valence-electron chi connectivity index (χ3n) is 3.68. The van der Waals surface area contributed by atoms with Gasteiger partial charge in [-0.3, -0.25) is 0 Å². The summed E-state index contributed by atoms with van der Waals surface area (Å²) in [6.07, 6.45) is 0.285. The van der Waals surface area contributed by atoms with Crippen LogP contribution in [0.3, 0.4) is 0 Å². The molecule has 4 heteroatoms. The lowest BCUT2D eigenvalue weighted by Gasteiger charge is -2.22. The van der Waals surface area contributed by atoms with Gasteiger partial charge in [0.2, 0.25) is 0 Å². The standard InChI is InChI=1S/C18H22FNO2/c1-3-16(21)12-20-18(13-4-8-15(19)9-5-13)14-6-10-17(22-2)11-7-14/h4-11,16,18,20-21H,3,12H2,1-2H3. The molecule has 0 heterocycles. The van der Waals surface area contributed by atoms with E-state index in [0.717, 1.165) is 16.9 Å². The monoisotopic (exact) mass is 303 g/mol. The van der Waals surface area contributed by atoms with E-state index >= 15 is 0 Å². The van der Waals surface area contributed by atoms with Gasteiger partial charge in [-0.25, -0.2) is 4.39 Å². The van der Waals surface area contributed by atoms with E-state index in [1.54, 1.807) is 19.2 Å². The van der Waals surface area contributed by atoms with Crippen LogP contribution >= 0.6 is 0 Å². The second-order valence-corrected chi connectivity index (χ2v) is 5.23. The van der Waals surface area contributed by atoms with Gasteiger partial charge in [0.1, 0.15) is 11.6 Å². The van der Waals surface area contributed by atoms with Crippen molar-refractivity contribution >= 4 is 0 Å². The first-order valence-electron chi connectivity index (χ1n) is 7.45. The number of rotatable bonds is 7. The Labute approximate surface area is 130 Å². The normalized spacial score (nSPS) is 13.6. The molecule has 0 radical (unpaired) electrons. The van der Waals surface area contributed by atoms with Crippen molar-refractivity contribution in [2.45, 2.75) is 25.5 Å². The Morgan fingerprint density at radius 3 is 2.09 bits per heavy atom. The molecular formula is C18H22FNO2. The zero-order valence-electron chi connectivity index (χ0n) is 12.9. The average molecular weight is 303 g/mol. The predicted molar refractivity (Wildman–Crippen MR) is 85.5 cm³/mol. The highest BCUT2D eigenvalue weighted by Crippen LogP contribution is 2.24. The van der Waals surface area contributed by atoms with Crippen molar-refractivity contribution in [2.24, 2.45) is 0 Å². The van der Waals surface area contributed by atoms with Gasteiger partial charge in [-0.1, -0.05) is 31.2 Å². The van der Waals surface area contributed by atoms with Crippen LogP contribution in [0, 0.1) is 5.82 Å². The molecule has 2 atom stereocenters. The van der Waals surface area contributed by atoms with Gasteiger partial charge in [0.25, 0.3) is 0 Å². The summed E-state index contributed by atoms with van der Waals surface area (Å²) in [5, 5.41) is 13.1. The molecule has 0 amide bonds. The Hall–Kier alpha value is -1.91. The van der Waals surface area contributed by atoms with E-state index in [1.165, 1.54) is 12.1 Å². The SMILES string of the molecule is CCC(O)CNC(c1ccc(F)cc1)c1ccc(OC)cc1. The molecule has 2 aromatic carbocycles. The predicted octanol–water partition coefficient (Wildman–Crippen LogP) is 3.28. The Morgan fingerprint density at radius 2 is 1.59 bits per heavy atom. The van der Waals surface area contributed by atoms with Crippen LogP contribution in [0.5, 0.6) is 5.75 Å². The third kappa shape index (κ3) is 4.29. The van der Waals surface area contributed by atoms with Gasteiger partial charge in [0.15, 0.2) is 0 Å². The number of ether oxygens (including phenoxy) is 1. The van der Waals surface area contributed by atoms with Gasteiger partial charge in [0.05, 0.1) is 19.3 Å². The summed E-state index contributed by atoms with van der Waals surface area (Å²) in [7, 11) is 1.63. The molecule has 0 aliphatic rings. The van der Waals surface area contributed by atoms with E-state index in [-0.39, 0.29) is 11.9 Å². The number of methoxy groups -OCH3 is 1. The van der Waals surface area contributed by atoms with Crippen LogP contribution in [-0.4, -0.2) is 24.9 Å². The molecule has 2 unspecified atom stereocenters. The Kier molecular flexibility index (Phi) is 5.92. The van der Waals surface area contributed by atoms with Crippen LogP contribution in [0.2, 0.25) is 0 Å². The van der Waals surface area contributed by atoms with Crippen molar-refractivity contribution in [1.82, 2.24) is 5.32 Å². The molecule has 0 aliphatic heterocycles. The minimum Gasteiger partial charge on any atom is -0.497 e. The first kappa shape index (κ1) is 16.5. The molecule has 0 fully saturated rings. The lowest BCUT2D eigenvalue weighted by molar-refractivity contribution is 0.165. The molecular weight excluding hydrogens is 281 g/mol. The molecule has 0 aliphatic carbocycles. The van der Waals surface area contributed by atoms with Crippen molar-refractivity contribution < 1.29 is 14.2 Å². The molecule has 2 aromatic rings. The van der Waals surface area contributed by atoms with Gasteiger partial charge >= 0.3 is 0 Å². The van der Waals surface area contributed by atoms with Crippen molar-refractivity contribution in [3.05, 3.63) is 65.5 Å². The van der Waals surface area contributed by atoms with Gasteiger partial charge in [0, 0.05) is 6.54 Å². The average Bonchev–Trinajstić information content (AvgIpc) is 2.56. The highest BCUT2D eigenvalue weighted by atomic mass is 19.1. The molecule has 0 saturated heterocycles. The van der Waals surface area contributed by atoms with Crippen LogP contribution in [0.15, 0.2) is 48.5 Å².